The average molecular weight is 295 g/mol. The molecule has 0 aliphatic rings. The van der Waals surface area contributed by atoms with Gasteiger partial charge in [0, 0.05) is 9.13 Å². The molecule has 1 N–H and O–H groups in total. The van der Waals surface area contributed by atoms with E-state index in [-0.39, 0.29) is 11.1 Å². The van der Waals surface area contributed by atoms with Crippen LogP contribution >= 0.6 is 22.6 Å². The third-order valence-electron chi connectivity index (χ3n) is 1.52. The molecule has 0 aliphatic heterocycles. The average Bonchev–Trinajstić information content (AvgIpc) is 2.12. The molecule has 0 aromatic heterocycles. The van der Waals surface area contributed by atoms with Crippen LogP contribution in [0.5, 0.6) is 0 Å². The molecule has 0 unspecified atom stereocenters. The number of hydrogen-bond acceptors (Lipinski definition) is 2. The molecule has 0 fully saturated rings. The summed E-state index contributed by atoms with van der Waals surface area (Å²) in [6.07, 6.45) is 0. The molecule has 1 rings (SSSR count). The molecule has 0 saturated heterocycles. The number of nitrogens with zero attached hydrogens (tertiary/aromatic N) is 1. The molecule has 5 heteroatoms. The topological polar surface area (TPSA) is 44.0 Å². The second-order valence-corrected chi connectivity index (χ2v) is 3.45. The van der Waals surface area contributed by atoms with Crippen LogP contribution < -0.4 is 0 Å². The molecule has 0 amide bonds. The zero-order chi connectivity index (χ0) is 10.0. The zero-order valence-electron chi connectivity index (χ0n) is 6.31. The Kier molecular flexibility index (Phi) is 3.17. The van der Waals surface area contributed by atoms with Crippen molar-refractivity contribution < 1.29 is 13.9 Å². The van der Waals surface area contributed by atoms with Crippen molar-refractivity contribution in [3.05, 3.63) is 32.4 Å². The summed E-state index contributed by atoms with van der Waals surface area (Å²) in [4.78, 5) is 0. The zero-order valence-corrected chi connectivity index (χ0v) is 8.47. The first kappa shape index (κ1) is 10.3. The molecule has 0 bridgehead atoms. The molecule has 1 aromatic carbocycles. The van der Waals surface area contributed by atoms with Crippen LogP contribution in [0.4, 0.5) is 8.78 Å². The van der Waals surface area contributed by atoms with Gasteiger partial charge in [0.15, 0.2) is 11.6 Å². The Morgan fingerprint density at radius 3 is 2.54 bits per heavy atom. The van der Waals surface area contributed by atoms with Gasteiger partial charge in [-0.05, 0) is 28.7 Å². The molecule has 2 nitrogen and oxygen atoms in total. The van der Waals surface area contributed by atoms with Crippen LogP contribution in [0.1, 0.15) is 11.1 Å². The number of aliphatic hydroxyl groups is 1. The first-order valence-electron chi connectivity index (χ1n) is 3.29. The smallest absolute Gasteiger partial charge is 0.178 e. The van der Waals surface area contributed by atoms with E-state index >= 15 is 0 Å². The molecule has 0 heterocycles. The second kappa shape index (κ2) is 3.98. The van der Waals surface area contributed by atoms with Gasteiger partial charge >= 0.3 is 0 Å². The Hall–Kier alpha value is -0.740. The molecular formula is C8H4F2INO. The lowest BCUT2D eigenvalue weighted by Crippen LogP contribution is -2.00. The Balaban J connectivity index is 3.48. The maximum absolute atomic E-state index is 13.0. The standard InChI is InChI=1S/C8H4F2INO/c9-7-4(3-13)1-6(11)5(2-12)8(7)10/h1,13H,3H2. The number of aliphatic hydroxyl groups excluding tert-OH is 1. The Bertz CT molecular complexity index is 386. The van der Waals surface area contributed by atoms with Crippen LogP contribution in [0.15, 0.2) is 6.07 Å². The number of rotatable bonds is 1. The fraction of sp³-hybridized carbons (Fsp3) is 0.125. The molecule has 13 heavy (non-hydrogen) atoms. The highest BCUT2D eigenvalue weighted by molar-refractivity contribution is 14.1. The SMILES string of the molecule is N#Cc1c(I)cc(CO)c(F)c1F. The summed E-state index contributed by atoms with van der Waals surface area (Å²) < 4.78 is 26.2. The molecular weight excluding hydrogens is 291 g/mol. The first-order valence-corrected chi connectivity index (χ1v) is 4.37. The molecule has 1 aromatic rings. The highest BCUT2D eigenvalue weighted by Crippen LogP contribution is 2.21. The third-order valence-corrected chi connectivity index (χ3v) is 2.37. The van der Waals surface area contributed by atoms with E-state index in [9.17, 15) is 8.78 Å². The lowest BCUT2D eigenvalue weighted by molar-refractivity contribution is 0.273. The number of benzene rings is 1. The third kappa shape index (κ3) is 1.78. The van der Waals surface area contributed by atoms with Gasteiger partial charge in [0.25, 0.3) is 0 Å². The second-order valence-electron chi connectivity index (χ2n) is 2.29. The fourth-order valence-electron chi connectivity index (χ4n) is 0.862. The summed E-state index contributed by atoms with van der Waals surface area (Å²) in [5.74, 6) is -2.35. The van der Waals surface area contributed by atoms with Gasteiger partial charge in [-0.15, -0.1) is 0 Å². The largest absolute Gasteiger partial charge is 0.392 e. The van der Waals surface area contributed by atoms with Crippen molar-refractivity contribution in [1.29, 1.82) is 5.26 Å². The van der Waals surface area contributed by atoms with Crippen molar-refractivity contribution in [3.8, 4) is 6.07 Å². The molecule has 0 radical (unpaired) electrons. The summed E-state index contributed by atoms with van der Waals surface area (Å²) in [6, 6.07) is 2.80. The quantitative estimate of drug-likeness (QED) is 0.635. The Labute approximate surface area is 86.9 Å². The lowest BCUT2D eigenvalue weighted by Gasteiger charge is -2.03. The van der Waals surface area contributed by atoms with Gasteiger partial charge in [-0.2, -0.15) is 5.26 Å². The van der Waals surface area contributed by atoms with Crippen molar-refractivity contribution >= 4 is 22.6 Å². The van der Waals surface area contributed by atoms with Crippen LogP contribution in [0.3, 0.4) is 0 Å². The Morgan fingerprint density at radius 2 is 2.08 bits per heavy atom. The minimum atomic E-state index is -1.20. The Morgan fingerprint density at radius 1 is 1.46 bits per heavy atom. The monoisotopic (exact) mass is 295 g/mol. The summed E-state index contributed by atoms with van der Waals surface area (Å²) in [6.45, 7) is -0.579. The van der Waals surface area contributed by atoms with Crippen LogP contribution in [-0.4, -0.2) is 5.11 Å². The highest BCUT2D eigenvalue weighted by atomic mass is 127. The minimum Gasteiger partial charge on any atom is -0.392 e. The van der Waals surface area contributed by atoms with E-state index < -0.39 is 18.2 Å². The van der Waals surface area contributed by atoms with Crippen LogP contribution in [-0.2, 0) is 6.61 Å². The van der Waals surface area contributed by atoms with Crippen LogP contribution in [0.25, 0.3) is 0 Å². The van der Waals surface area contributed by atoms with Gasteiger partial charge in [-0.1, -0.05) is 0 Å². The lowest BCUT2D eigenvalue weighted by atomic mass is 10.1. The molecule has 0 spiro atoms. The van der Waals surface area contributed by atoms with Crippen molar-refractivity contribution in [2.24, 2.45) is 0 Å². The summed E-state index contributed by atoms with van der Waals surface area (Å²) in [7, 11) is 0. The van der Waals surface area contributed by atoms with E-state index in [1.54, 1.807) is 28.7 Å². The maximum atomic E-state index is 13.0. The highest BCUT2D eigenvalue weighted by Gasteiger charge is 2.16. The predicted molar refractivity (Wildman–Crippen MR) is 49.7 cm³/mol. The van der Waals surface area contributed by atoms with E-state index in [4.69, 9.17) is 10.4 Å². The molecule has 0 saturated carbocycles. The van der Waals surface area contributed by atoms with Crippen LogP contribution in [0, 0.1) is 26.5 Å². The minimum absolute atomic E-state index is 0.138. The number of hydrogen-bond donors (Lipinski definition) is 1. The van der Waals surface area contributed by atoms with Crippen molar-refractivity contribution in [2.45, 2.75) is 6.61 Å². The van der Waals surface area contributed by atoms with E-state index in [0.29, 0.717) is 3.57 Å². The van der Waals surface area contributed by atoms with E-state index in [2.05, 4.69) is 0 Å². The summed E-state index contributed by atoms with van der Waals surface area (Å²) in [5, 5.41) is 17.1. The van der Waals surface area contributed by atoms with E-state index in [0.717, 1.165) is 0 Å². The van der Waals surface area contributed by atoms with Gasteiger partial charge in [-0.25, -0.2) is 8.78 Å². The fourth-order valence-corrected chi connectivity index (χ4v) is 1.59. The van der Waals surface area contributed by atoms with Gasteiger partial charge in [-0.3, -0.25) is 0 Å². The number of halogens is 3. The van der Waals surface area contributed by atoms with Crippen molar-refractivity contribution in [2.75, 3.05) is 0 Å². The van der Waals surface area contributed by atoms with Gasteiger partial charge < -0.3 is 5.11 Å². The van der Waals surface area contributed by atoms with E-state index in [1.807, 2.05) is 0 Å². The summed E-state index contributed by atoms with van der Waals surface area (Å²) >= 11 is 1.71. The summed E-state index contributed by atoms with van der Waals surface area (Å²) in [5.41, 5.74) is -0.462. The normalized spacial score (nSPS) is 9.77. The van der Waals surface area contributed by atoms with Gasteiger partial charge in [0.2, 0.25) is 0 Å². The van der Waals surface area contributed by atoms with Gasteiger partial charge in [0.1, 0.15) is 11.6 Å². The van der Waals surface area contributed by atoms with Crippen molar-refractivity contribution in [3.63, 3.8) is 0 Å². The van der Waals surface area contributed by atoms with Crippen molar-refractivity contribution in [1.82, 2.24) is 0 Å². The van der Waals surface area contributed by atoms with Crippen LogP contribution in [0.2, 0.25) is 0 Å². The number of nitriles is 1. The maximum Gasteiger partial charge on any atom is 0.178 e. The van der Waals surface area contributed by atoms with Gasteiger partial charge in [0.05, 0.1) is 6.61 Å². The van der Waals surface area contributed by atoms with E-state index in [1.165, 1.54) is 6.07 Å². The first-order chi connectivity index (χ1) is 6.11. The predicted octanol–water partition coefficient (Wildman–Crippen LogP) is 1.93. The molecule has 0 atom stereocenters. The molecule has 68 valence electrons. The molecule has 0 aliphatic carbocycles.